The molecule has 0 fully saturated rings. The van der Waals surface area contributed by atoms with Crippen molar-refractivity contribution in [2.45, 2.75) is 5.22 Å². The summed E-state index contributed by atoms with van der Waals surface area (Å²) in [6, 6.07) is 19.3. The number of nitrogens with zero attached hydrogens (tertiary/aromatic N) is 3. The van der Waals surface area contributed by atoms with E-state index in [2.05, 4.69) is 10.2 Å². The molecule has 0 saturated carbocycles. The number of para-hydroxylation sites is 2. The van der Waals surface area contributed by atoms with Crippen LogP contribution in [0.15, 0.2) is 81.0 Å². The summed E-state index contributed by atoms with van der Waals surface area (Å²) < 4.78 is 12.5. The highest BCUT2D eigenvalue weighted by Crippen LogP contribution is 2.30. The van der Waals surface area contributed by atoms with Gasteiger partial charge in [-0.1, -0.05) is 48.2 Å². The van der Waals surface area contributed by atoms with Crippen LogP contribution in [-0.2, 0) is 0 Å². The Morgan fingerprint density at radius 1 is 0.926 bits per heavy atom. The normalized spacial score (nSPS) is 11.4. The van der Waals surface area contributed by atoms with Crippen molar-refractivity contribution >= 4 is 39.5 Å². The number of carbonyl (C=O) groups excluding carboxylic acids is 1. The number of rotatable bonds is 4. The molecule has 3 aromatic heterocycles. The first-order valence-electron chi connectivity index (χ1n) is 8.33. The van der Waals surface area contributed by atoms with Gasteiger partial charge in [-0.3, -0.25) is 9.36 Å². The molecule has 0 N–H and O–H groups in total. The third-order valence-electron chi connectivity index (χ3n) is 4.29. The Hall–Kier alpha value is -3.32. The zero-order valence-corrected chi connectivity index (χ0v) is 14.8. The van der Waals surface area contributed by atoms with Gasteiger partial charge in [0.05, 0.1) is 23.0 Å². The van der Waals surface area contributed by atoms with Crippen LogP contribution in [-0.4, -0.2) is 26.4 Å². The first-order valence-corrected chi connectivity index (χ1v) is 9.31. The van der Waals surface area contributed by atoms with E-state index in [0.717, 1.165) is 21.8 Å². The van der Waals surface area contributed by atoms with Gasteiger partial charge >= 0.3 is 0 Å². The minimum Gasteiger partial charge on any atom is -0.459 e. The third-order valence-corrected chi connectivity index (χ3v) is 5.09. The Balaban J connectivity index is 1.44. The van der Waals surface area contributed by atoms with Crippen LogP contribution in [0, 0.1) is 0 Å². The molecule has 2 aromatic carbocycles. The van der Waals surface area contributed by atoms with E-state index >= 15 is 0 Å². The number of aromatic nitrogens is 3. The molecule has 0 atom stereocenters. The van der Waals surface area contributed by atoms with Gasteiger partial charge in [-0.2, -0.15) is 0 Å². The second kappa shape index (κ2) is 6.44. The molecule has 0 bridgehead atoms. The Kier molecular flexibility index (Phi) is 3.79. The zero-order valence-electron chi connectivity index (χ0n) is 14.0. The summed E-state index contributed by atoms with van der Waals surface area (Å²) >= 11 is 1.21. The zero-order chi connectivity index (χ0) is 18.2. The highest BCUT2D eigenvalue weighted by atomic mass is 32.2. The first-order chi connectivity index (χ1) is 13.3. The summed E-state index contributed by atoms with van der Waals surface area (Å²) in [4.78, 5) is 13.0. The minimum absolute atomic E-state index is 0.0462. The Labute approximate surface area is 157 Å². The molecular formula is C20H13N3O3S. The number of furan rings is 1. The van der Waals surface area contributed by atoms with Crippen molar-refractivity contribution < 1.29 is 13.6 Å². The van der Waals surface area contributed by atoms with E-state index < -0.39 is 0 Å². The summed E-state index contributed by atoms with van der Waals surface area (Å²) in [5, 5.41) is 10.4. The van der Waals surface area contributed by atoms with Crippen molar-refractivity contribution in [2.24, 2.45) is 0 Å². The lowest BCUT2D eigenvalue weighted by Gasteiger charge is -2.04. The Morgan fingerprint density at radius 3 is 2.30 bits per heavy atom. The number of thioether (sulfide) groups is 1. The van der Waals surface area contributed by atoms with Gasteiger partial charge < -0.3 is 8.83 Å². The van der Waals surface area contributed by atoms with Crippen LogP contribution in [0.3, 0.4) is 0 Å². The van der Waals surface area contributed by atoms with E-state index in [1.807, 2.05) is 48.5 Å². The standard InChI is InChI=1S/C20H13N3O3S/c24-18(12-27-20-22-21-19(26-20)17-10-5-11-25-17)23-15-8-3-1-6-13(15)14-7-2-4-9-16(14)23/h1-11H,12H2. The molecule has 0 unspecified atom stereocenters. The van der Waals surface area contributed by atoms with Crippen LogP contribution in [0.4, 0.5) is 0 Å². The molecule has 5 rings (SSSR count). The monoisotopic (exact) mass is 375 g/mol. The number of carbonyl (C=O) groups is 1. The van der Waals surface area contributed by atoms with Gasteiger partial charge in [0.1, 0.15) is 0 Å². The van der Waals surface area contributed by atoms with Crippen LogP contribution in [0.1, 0.15) is 4.79 Å². The smallest absolute Gasteiger partial charge is 0.284 e. The van der Waals surface area contributed by atoms with Gasteiger partial charge in [-0.25, -0.2) is 0 Å². The molecule has 0 spiro atoms. The van der Waals surface area contributed by atoms with E-state index in [4.69, 9.17) is 8.83 Å². The largest absolute Gasteiger partial charge is 0.459 e. The Morgan fingerprint density at radius 2 is 1.63 bits per heavy atom. The highest BCUT2D eigenvalue weighted by molar-refractivity contribution is 7.99. The molecule has 0 aliphatic heterocycles. The maximum atomic E-state index is 13.0. The van der Waals surface area contributed by atoms with Crippen molar-refractivity contribution in [2.75, 3.05) is 5.75 Å². The average Bonchev–Trinajstić information content (AvgIpc) is 3.44. The van der Waals surface area contributed by atoms with Crippen LogP contribution < -0.4 is 0 Å². The molecule has 132 valence electrons. The summed E-state index contributed by atoms with van der Waals surface area (Å²) in [5.74, 6) is 0.938. The lowest BCUT2D eigenvalue weighted by atomic mass is 10.2. The SMILES string of the molecule is O=C(CSc1nnc(-c2ccco2)o1)n1c2ccccc2c2ccccc21. The van der Waals surface area contributed by atoms with Crippen molar-refractivity contribution in [1.29, 1.82) is 0 Å². The molecule has 0 radical (unpaired) electrons. The van der Waals surface area contributed by atoms with Crippen LogP contribution in [0.25, 0.3) is 33.5 Å². The lowest BCUT2D eigenvalue weighted by Crippen LogP contribution is -2.12. The fourth-order valence-electron chi connectivity index (χ4n) is 3.15. The molecule has 5 aromatic rings. The molecular weight excluding hydrogens is 362 g/mol. The molecule has 0 amide bonds. The summed E-state index contributed by atoms with van der Waals surface area (Å²) in [6.45, 7) is 0. The van der Waals surface area contributed by atoms with E-state index in [1.165, 1.54) is 18.0 Å². The van der Waals surface area contributed by atoms with Gasteiger partial charge in [0.25, 0.3) is 11.1 Å². The maximum absolute atomic E-state index is 13.0. The predicted molar refractivity (Wildman–Crippen MR) is 103 cm³/mol. The maximum Gasteiger partial charge on any atom is 0.284 e. The van der Waals surface area contributed by atoms with Gasteiger partial charge in [0.2, 0.25) is 5.91 Å². The van der Waals surface area contributed by atoms with E-state index in [0.29, 0.717) is 16.9 Å². The van der Waals surface area contributed by atoms with Gasteiger partial charge in [0, 0.05) is 10.8 Å². The molecule has 0 aliphatic rings. The third kappa shape index (κ3) is 2.72. The van der Waals surface area contributed by atoms with Gasteiger partial charge in [0.15, 0.2) is 5.76 Å². The van der Waals surface area contributed by atoms with E-state index in [9.17, 15) is 4.79 Å². The molecule has 0 aliphatic carbocycles. The van der Waals surface area contributed by atoms with Crippen LogP contribution in [0.5, 0.6) is 0 Å². The second-order valence-corrected chi connectivity index (χ2v) is 6.83. The van der Waals surface area contributed by atoms with E-state index in [-0.39, 0.29) is 11.7 Å². The van der Waals surface area contributed by atoms with Crippen molar-refractivity contribution in [3.05, 3.63) is 66.9 Å². The minimum atomic E-state index is -0.0462. The molecule has 0 saturated heterocycles. The predicted octanol–water partition coefficient (Wildman–Crippen LogP) is 4.87. The van der Waals surface area contributed by atoms with Crippen LogP contribution in [0.2, 0.25) is 0 Å². The van der Waals surface area contributed by atoms with Crippen molar-refractivity contribution in [3.63, 3.8) is 0 Å². The number of hydrogen-bond donors (Lipinski definition) is 0. The van der Waals surface area contributed by atoms with Crippen molar-refractivity contribution in [1.82, 2.24) is 14.8 Å². The van der Waals surface area contributed by atoms with E-state index in [1.54, 1.807) is 16.7 Å². The first kappa shape index (κ1) is 15.9. The quantitative estimate of drug-likeness (QED) is 0.417. The summed E-state index contributed by atoms with van der Waals surface area (Å²) in [7, 11) is 0. The molecule has 6 nitrogen and oxygen atoms in total. The summed E-state index contributed by atoms with van der Waals surface area (Å²) in [6.07, 6.45) is 1.54. The van der Waals surface area contributed by atoms with Crippen molar-refractivity contribution in [3.8, 4) is 11.7 Å². The number of fused-ring (bicyclic) bond motifs is 3. The van der Waals surface area contributed by atoms with Crippen LogP contribution >= 0.6 is 11.8 Å². The fourth-order valence-corrected chi connectivity index (χ4v) is 3.76. The molecule has 3 heterocycles. The van der Waals surface area contributed by atoms with Gasteiger partial charge in [-0.15, -0.1) is 10.2 Å². The Bertz CT molecular complexity index is 1200. The molecule has 7 heteroatoms. The number of hydrogen-bond acceptors (Lipinski definition) is 6. The second-order valence-electron chi connectivity index (χ2n) is 5.90. The number of benzene rings is 2. The van der Waals surface area contributed by atoms with Gasteiger partial charge in [-0.05, 0) is 24.3 Å². The average molecular weight is 375 g/mol. The topological polar surface area (TPSA) is 74.1 Å². The summed E-state index contributed by atoms with van der Waals surface area (Å²) in [5.41, 5.74) is 1.79. The lowest BCUT2D eigenvalue weighted by molar-refractivity contribution is 0.0951. The molecule has 27 heavy (non-hydrogen) atoms. The fraction of sp³-hybridized carbons (Fsp3) is 0.0500. The highest BCUT2D eigenvalue weighted by Gasteiger charge is 2.17.